The van der Waals surface area contributed by atoms with E-state index in [1.165, 1.54) is 0 Å². The standard InChI is InChI=1S/C18H18N6O2/c19-24-23-15-8-11(6-7-20-15)17-18(21-12-4-2-1-3-5-12)16-13(22-17)9-26-10-14(16)25/h1-8,15,20-22H,9-10H2,(H2,19,23). The van der Waals surface area contributed by atoms with Gasteiger partial charge in [-0.05, 0) is 30.5 Å². The van der Waals surface area contributed by atoms with Gasteiger partial charge >= 0.3 is 0 Å². The van der Waals surface area contributed by atoms with Crippen LogP contribution in [0.2, 0.25) is 0 Å². The molecule has 2 aromatic rings. The average Bonchev–Trinajstić information content (AvgIpc) is 3.03. The largest absolute Gasteiger partial charge is 0.367 e. The summed E-state index contributed by atoms with van der Waals surface area (Å²) in [5.41, 5.74) is 4.71. The molecule has 0 radical (unpaired) electrons. The van der Waals surface area contributed by atoms with Crippen LogP contribution in [0.5, 0.6) is 0 Å². The summed E-state index contributed by atoms with van der Waals surface area (Å²) >= 11 is 0. The summed E-state index contributed by atoms with van der Waals surface area (Å²) in [6.07, 6.45) is 5.20. The lowest BCUT2D eigenvalue weighted by molar-refractivity contribution is 0.0660. The van der Waals surface area contributed by atoms with E-state index in [9.17, 15) is 4.79 Å². The van der Waals surface area contributed by atoms with Crippen LogP contribution < -0.4 is 16.5 Å². The summed E-state index contributed by atoms with van der Waals surface area (Å²) in [5, 5.41) is 13.7. The Morgan fingerprint density at radius 1 is 1.23 bits per heavy atom. The van der Waals surface area contributed by atoms with E-state index in [0.717, 1.165) is 28.3 Å². The molecule has 0 spiro atoms. The van der Waals surface area contributed by atoms with Crippen molar-refractivity contribution in [1.82, 2.24) is 10.3 Å². The summed E-state index contributed by atoms with van der Waals surface area (Å²) in [6.45, 7) is 0.444. The Morgan fingerprint density at radius 3 is 2.88 bits per heavy atom. The molecule has 0 saturated heterocycles. The van der Waals surface area contributed by atoms with Crippen molar-refractivity contribution in [3.8, 4) is 0 Å². The minimum atomic E-state index is -0.364. The molecule has 0 fully saturated rings. The number of para-hydroxylation sites is 1. The van der Waals surface area contributed by atoms with E-state index >= 15 is 0 Å². The number of ether oxygens (including phenoxy) is 1. The lowest BCUT2D eigenvalue weighted by Crippen LogP contribution is -2.22. The van der Waals surface area contributed by atoms with Gasteiger partial charge in [0.25, 0.3) is 0 Å². The minimum absolute atomic E-state index is 0.0520. The molecule has 1 aromatic carbocycles. The van der Waals surface area contributed by atoms with Crippen molar-refractivity contribution in [2.75, 3.05) is 11.9 Å². The van der Waals surface area contributed by atoms with Gasteiger partial charge in [-0.15, -0.1) is 5.11 Å². The van der Waals surface area contributed by atoms with E-state index in [1.807, 2.05) is 42.5 Å². The number of rotatable bonds is 4. The van der Waals surface area contributed by atoms with Crippen molar-refractivity contribution in [2.45, 2.75) is 12.8 Å². The summed E-state index contributed by atoms with van der Waals surface area (Å²) in [5.74, 6) is 5.10. The molecule has 3 heterocycles. The molecule has 2 aliphatic heterocycles. The first-order valence-corrected chi connectivity index (χ1v) is 8.19. The summed E-state index contributed by atoms with van der Waals surface area (Å²) in [6, 6.07) is 9.72. The highest BCUT2D eigenvalue weighted by Crippen LogP contribution is 2.36. The maximum Gasteiger partial charge on any atom is 0.192 e. The molecule has 132 valence electrons. The van der Waals surface area contributed by atoms with Crippen LogP contribution >= 0.6 is 0 Å². The van der Waals surface area contributed by atoms with E-state index in [-0.39, 0.29) is 18.6 Å². The highest BCUT2D eigenvalue weighted by atomic mass is 16.5. The number of nitrogens with zero attached hydrogens (tertiary/aromatic N) is 2. The molecule has 4 rings (SSSR count). The highest BCUT2D eigenvalue weighted by molar-refractivity contribution is 6.07. The van der Waals surface area contributed by atoms with Gasteiger partial charge in [-0.3, -0.25) is 4.79 Å². The van der Waals surface area contributed by atoms with Crippen molar-refractivity contribution >= 4 is 22.7 Å². The van der Waals surface area contributed by atoms with Crippen LogP contribution in [-0.2, 0) is 11.3 Å². The number of hydrogen-bond acceptors (Lipinski definition) is 6. The van der Waals surface area contributed by atoms with Crippen LogP contribution in [0.3, 0.4) is 0 Å². The van der Waals surface area contributed by atoms with Crippen LogP contribution in [0, 0.1) is 0 Å². The third-order valence-electron chi connectivity index (χ3n) is 4.23. The first kappa shape index (κ1) is 16.1. The van der Waals surface area contributed by atoms with Crippen molar-refractivity contribution < 1.29 is 9.53 Å². The maximum atomic E-state index is 12.5. The predicted molar refractivity (Wildman–Crippen MR) is 97.6 cm³/mol. The summed E-state index contributed by atoms with van der Waals surface area (Å²) in [4.78, 5) is 15.8. The topological polar surface area (TPSA) is 117 Å². The van der Waals surface area contributed by atoms with Gasteiger partial charge in [0.15, 0.2) is 11.9 Å². The van der Waals surface area contributed by atoms with Gasteiger partial charge in [-0.2, -0.15) is 0 Å². The second-order valence-corrected chi connectivity index (χ2v) is 5.93. The van der Waals surface area contributed by atoms with Crippen LogP contribution in [0.1, 0.15) is 21.7 Å². The van der Waals surface area contributed by atoms with E-state index in [2.05, 4.69) is 26.0 Å². The zero-order valence-electron chi connectivity index (χ0n) is 13.9. The number of allylic oxidation sites excluding steroid dienone is 2. The van der Waals surface area contributed by atoms with Crippen LogP contribution in [0.15, 0.2) is 59.0 Å². The average molecular weight is 350 g/mol. The van der Waals surface area contributed by atoms with E-state index < -0.39 is 0 Å². The van der Waals surface area contributed by atoms with Gasteiger partial charge in [0, 0.05) is 11.3 Å². The number of benzene rings is 1. The molecular weight excluding hydrogens is 332 g/mol. The Labute approximate surface area is 149 Å². The Morgan fingerprint density at radius 2 is 2.08 bits per heavy atom. The monoisotopic (exact) mass is 350 g/mol. The molecule has 0 aliphatic carbocycles. The zero-order valence-corrected chi connectivity index (χ0v) is 13.9. The molecule has 1 atom stereocenters. The summed E-state index contributed by atoms with van der Waals surface area (Å²) in [7, 11) is 0. The minimum Gasteiger partial charge on any atom is -0.367 e. The van der Waals surface area contributed by atoms with Crippen LogP contribution in [-0.4, -0.2) is 23.5 Å². The molecule has 8 heteroatoms. The number of H-pyrrole nitrogens is 1. The van der Waals surface area contributed by atoms with Gasteiger partial charge < -0.3 is 26.2 Å². The fourth-order valence-electron chi connectivity index (χ4n) is 3.11. The fourth-order valence-corrected chi connectivity index (χ4v) is 3.11. The number of carbonyl (C=O) groups is 1. The lowest BCUT2D eigenvalue weighted by Gasteiger charge is -2.16. The van der Waals surface area contributed by atoms with Crippen molar-refractivity contribution in [3.63, 3.8) is 0 Å². The van der Waals surface area contributed by atoms with Crippen molar-refractivity contribution in [3.05, 3.63) is 65.6 Å². The Balaban J connectivity index is 1.81. The van der Waals surface area contributed by atoms with E-state index in [1.54, 1.807) is 6.20 Å². The Kier molecular flexibility index (Phi) is 4.24. The normalized spacial score (nSPS) is 19.2. The SMILES string of the molecule is NN=NC1C=C(c2[nH]c3c(c2Nc2ccccc2)C(=O)COC3)C=CN1. The summed E-state index contributed by atoms with van der Waals surface area (Å²) < 4.78 is 5.37. The molecule has 1 unspecified atom stereocenters. The van der Waals surface area contributed by atoms with E-state index in [4.69, 9.17) is 10.6 Å². The number of carbonyl (C=O) groups excluding carboxylic acids is 1. The van der Waals surface area contributed by atoms with Gasteiger partial charge in [0.1, 0.15) is 6.61 Å². The van der Waals surface area contributed by atoms with Gasteiger partial charge in [0.05, 0.1) is 29.2 Å². The molecule has 1 aromatic heterocycles. The third-order valence-corrected chi connectivity index (χ3v) is 4.23. The first-order valence-electron chi connectivity index (χ1n) is 8.19. The molecule has 0 amide bonds. The maximum absolute atomic E-state index is 12.5. The first-order chi connectivity index (χ1) is 12.8. The number of dihydropyridines is 1. The van der Waals surface area contributed by atoms with Crippen molar-refractivity contribution in [2.24, 2.45) is 16.2 Å². The van der Waals surface area contributed by atoms with Crippen molar-refractivity contribution in [1.29, 1.82) is 0 Å². The van der Waals surface area contributed by atoms with E-state index in [0.29, 0.717) is 12.2 Å². The molecule has 5 N–H and O–H groups in total. The number of anilines is 2. The van der Waals surface area contributed by atoms with Gasteiger partial charge in [0.2, 0.25) is 0 Å². The number of nitrogens with two attached hydrogens (primary N) is 1. The number of aromatic nitrogens is 1. The smallest absolute Gasteiger partial charge is 0.192 e. The number of nitrogens with one attached hydrogen (secondary N) is 3. The fraction of sp³-hybridized carbons (Fsp3) is 0.167. The Hall–Kier alpha value is -3.39. The number of aromatic amines is 1. The molecule has 0 bridgehead atoms. The molecule has 8 nitrogen and oxygen atoms in total. The second-order valence-electron chi connectivity index (χ2n) is 5.93. The quantitative estimate of drug-likeness (QED) is 0.384. The number of fused-ring (bicyclic) bond motifs is 1. The Bertz CT molecular complexity index is 913. The van der Waals surface area contributed by atoms with Gasteiger partial charge in [-0.25, -0.2) is 0 Å². The number of ketones is 1. The highest BCUT2D eigenvalue weighted by Gasteiger charge is 2.28. The van der Waals surface area contributed by atoms with Gasteiger partial charge in [-0.1, -0.05) is 23.4 Å². The lowest BCUT2D eigenvalue weighted by atomic mass is 10.0. The number of hydrogen-bond donors (Lipinski definition) is 4. The number of Topliss-reactive ketones (excluding diaryl/α,β-unsaturated/α-hetero) is 1. The third kappa shape index (κ3) is 2.98. The molecule has 2 aliphatic rings. The van der Waals surface area contributed by atoms with Crippen LogP contribution in [0.4, 0.5) is 11.4 Å². The molecular formula is C18H18N6O2. The molecule has 0 saturated carbocycles. The molecule has 26 heavy (non-hydrogen) atoms. The van der Waals surface area contributed by atoms with Crippen LogP contribution in [0.25, 0.3) is 5.57 Å². The predicted octanol–water partition coefficient (Wildman–Crippen LogP) is 2.62. The second kappa shape index (κ2) is 6.85. The zero-order chi connectivity index (χ0) is 17.9.